The van der Waals surface area contributed by atoms with Gasteiger partial charge in [0.15, 0.2) is 0 Å². The number of benzene rings is 8. The van der Waals surface area contributed by atoms with Gasteiger partial charge >= 0.3 is 0 Å². The van der Waals surface area contributed by atoms with E-state index < -0.39 is 0 Å². The minimum absolute atomic E-state index is 1.12. The molecule has 0 heterocycles. The first-order valence-electron chi connectivity index (χ1n) is 15.2. The van der Waals surface area contributed by atoms with E-state index in [-0.39, 0.29) is 0 Å². The summed E-state index contributed by atoms with van der Waals surface area (Å²) in [4.78, 5) is 4.82. The largest absolute Gasteiger partial charge is 0.310 e. The quantitative estimate of drug-likeness (QED) is 0.185. The lowest BCUT2D eigenvalue weighted by Crippen LogP contribution is -2.14. The second-order valence-electron chi connectivity index (χ2n) is 11.6. The molecule has 2 heteroatoms. The SMILES string of the molecule is Cc1ccc(N(c2ccccc2)c2cc(N(c3ccccc3)c3ccc(C)cc3)c3ccc4cccc5ccc2c3c54)cc1. The smallest absolute Gasteiger partial charge is 0.0561 e. The van der Waals surface area contributed by atoms with Crippen molar-refractivity contribution in [2.24, 2.45) is 0 Å². The van der Waals surface area contributed by atoms with E-state index in [9.17, 15) is 0 Å². The fourth-order valence-corrected chi connectivity index (χ4v) is 6.56. The van der Waals surface area contributed by atoms with Crippen LogP contribution in [0.4, 0.5) is 34.1 Å². The highest BCUT2D eigenvalue weighted by atomic mass is 15.2. The van der Waals surface area contributed by atoms with Crippen molar-refractivity contribution in [2.75, 3.05) is 9.80 Å². The summed E-state index contributed by atoms with van der Waals surface area (Å²) in [5.41, 5.74) is 9.29. The van der Waals surface area contributed by atoms with Gasteiger partial charge in [-0.15, -0.1) is 0 Å². The van der Waals surface area contributed by atoms with Crippen LogP contribution < -0.4 is 9.80 Å². The Morgan fingerprint density at radius 1 is 0.341 bits per heavy atom. The highest BCUT2D eigenvalue weighted by Crippen LogP contribution is 2.49. The number of para-hydroxylation sites is 2. The van der Waals surface area contributed by atoms with Crippen LogP contribution in [-0.4, -0.2) is 0 Å². The molecule has 0 saturated carbocycles. The van der Waals surface area contributed by atoms with Crippen molar-refractivity contribution in [3.05, 3.63) is 169 Å². The second-order valence-corrected chi connectivity index (χ2v) is 11.6. The van der Waals surface area contributed by atoms with Gasteiger partial charge in [-0.3, -0.25) is 0 Å². The molecule has 0 N–H and O–H groups in total. The van der Waals surface area contributed by atoms with Crippen LogP contribution in [0.5, 0.6) is 0 Å². The van der Waals surface area contributed by atoms with Crippen LogP contribution >= 0.6 is 0 Å². The zero-order chi connectivity index (χ0) is 29.6. The van der Waals surface area contributed by atoms with Gasteiger partial charge in [0.25, 0.3) is 0 Å². The van der Waals surface area contributed by atoms with Crippen molar-refractivity contribution in [2.45, 2.75) is 13.8 Å². The Morgan fingerprint density at radius 2 is 0.750 bits per heavy atom. The Bertz CT molecular complexity index is 2060. The normalized spacial score (nSPS) is 11.4. The molecular formula is C42H32N2. The highest BCUT2D eigenvalue weighted by Gasteiger charge is 2.24. The van der Waals surface area contributed by atoms with E-state index in [0.29, 0.717) is 0 Å². The number of nitrogens with zero attached hydrogens (tertiary/aromatic N) is 2. The third kappa shape index (κ3) is 4.35. The molecule has 0 atom stereocenters. The molecule has 44 heavy (non-hydrogen) atoms. The topological polar surface area (TPSA) is 6.48 Å². The summed E-state index contributed by atoms with van der Waals surface area (Å²) in [7, 11) is 0. The van der Waals surface area contributed by atoms with Gasteiger partial charge in [-0.1, -0.05) is 114 Å². The van der Waals surface area contributed by atoms with Gasteiger partial charge in [0, 0.05) is 38.9 Å². The van der Waals surface area contributed by atoms with Crippen molar-refractivity contribution in [1.29, 1.82) is 0 Å². The molecule has 0 spiro atoms. The van der Waals surface area contributed by atoms with Crippen LogP contribution in [0.15, 0.2) is 158 Å². The molecule has 0 aliphatic heterocycles. The van der Waals surface area contributed by atoms with E-state index in [1.54, 1.807) is 0 Å². The highest BCUT2D eigenvalue weighted by molar-refractivity contribution is 6.28. The molecule has 0 aliphatic carbocycles. The Morgan fingerprint density at radius 3 is 1.18 bits per heavy atom. The first-order valence-corrected chi connectivity index (χ1v) is 15.2. The number of rotatable bonds is 6. The molecule has 0 unspecified atom stereocenters. The average Bonchev–Trinajstić information content (AvgIpc) is 3.07. The van der Waals surface area contributed by atoms with Gasteiger partial charge in [-0.05, 0) is 84.6 Å². The third-order valence-electron chi connectivity index (χ3n) is 8.70. The Hall–Kier alpha value is -5.60. The minimum atomic E-state index is 1.12. The zero-order valence-electron chi connectivity index (χ0n) is 24.9. The molecule has 0 bridgehead atoms. The average molecular weight is 565 g/mol. The first kappa shape index (κ1) is 26.1. The van der Waals surface area contributed by atoms with Crippen molar-refractivity contribution < 1.29 is 0 Å². The van der Waals surface area contributed by atoms with Crippen LogP contribution in [0, 0.1) is 13.8 Å². The predicted molar refractivity (Wildman–Crippen MR) is 189 cm³/mol. The number of hydrogen-bond donors (Lipinski definition) is 0. The molecule has 8 aromatic carbocycles. The van der Waals surface area contributed by atoms with Gasteiger partial charge in [-0.25, -0.2) is 0 Å². The lowest BCUT2D eigenvalue weighted by molar-refractivity contribution is 1.26. The predicted octanol–water partition coefficient (Wildman–Crippen LogP) is 12.1. The van der Waals surface area contributed by atoms with Crippen LogP contribution in [-0.2, 0) is 0 Å². The molecule has 8 aromatic rings. The van der Waals surface area contributed by atoms with Gasteiger partial charge < -0.3 is 9.80 Å². The maximum atomic E-state index is 2.41. The molecule has 0 aliphatic rings. The van der Waals surface area contributed by atoms with Crippen molar-refractivity contribution in [3.8, 4) is 0 Å². The summed E-state index contributed by atoms with van der Waals surface area (Å²) in [6, 6.07) is 57.4. The van der Waals surface area contributed by atoms with E-state index in [1.807, 2.05) is 0 Å². The van der Waals surface area contributed by atoms with Crippen molar-refractivity contribution in [3.63, 3.8) is 0 Å². The fraction of sp³-hybridized carbons (Fsp3) is 0.0476. The Labute approximate surface area is 258 Å². The zero-order valence-corrected chi connectivity index (χ0v) is 24.9. The van der Waals surface area contributed by atoms with E-state index >= 15 is 0 Å². The lowest BCUT2D eigenvalue weighted by Gasteiger charge is -2.32. The minimum Gasteiger partial charge on any atom is -0.310 e. The monoisotopic (exact) mass is 564 g/mol. The van der Waals surface area contributed by atoms with Crippen LogP contribution in [0.3, 0.4) is 0 Å². The van der Waals surface area contributed by atoms with E-state index in [1.165, 1.54) is 43.4 Å². The number of hydrogen-bond acceptors (Lipinski definition) is 2. The maximum absolute atomic E-state index is 2.41. The molecule has 0 amide bonds. The molecule has 0 aromatic heterocycles. The van der Waals surface area contributed by atoms with Crippen LogP contribution in [0.2, 0.25) is 0 Å². The van der Waals surface area contributed by atoms with E-state index in [0.717, 1.165) is 34.1 Å². The fourth-order valence-electron chi connectivity index (χ4n) is 6.56. The summed E-state index contributed by atoms with van der Waals surface area (Å²) >= 11 is 0. The maximum Gasteiger partial charge on any atom is 0.0561 e. The third-order valence-corrected chi connectivity index (χ3v) is 8.70. The summed E-state index contributed by atoms with van der Waals surface area (Å²) < 4.78 is 0. The molecular weight excluding hydrogens is 532 g/mol. The molecule has 0 fully saturated rings. The molecule has 0 radical (unpaired) electrons. The number of aryl methyl sites for hydroxylation is 2. The Kier molecular flexibility index (Phi) is 6.27. The summed E-state index contributed by atoms with van der Waals surface area (Å²) in [5, 5.41) is 7.57. The molecule has 8 rings (SSSR count). The molecule has 210 valence electrons. The lowest BCUT2D eigenvalue weighted by atomic mass is 9.91. The van der Waals surface area contributed by atoms with Gasteiger partial charge in [-0.2, -0.15) is 0 Å². The Balaban J connectivity index is 1.53. The van der Waals surface area contributed by atoms with Crippen molar-refractivity contribution in [1.82, 2.24) is 0 Å². The van der Waals surface area contributed by atoms with Crippen LogP contribution in [0.1, 0.15) is 11.1 Å². The number of anilines is 6. The summed E-state index contributed by atoms with van der Waals surface area (Å²) in [6.07, 6.45) is 0. The summed E-state index contributed by atoms with van der Waals surface area (Å²) in [5.74, 6) is 0. The van der Waals surface area contributed by atoms with Gasteiger partial charge in [0.2, 0.25) is 0 Å². The summed E-state index contributed by atoms with van der Waals surface area (Å²) in [6.45, 7) is 4.29. The van der Waals surface area contributed by atoms with Crippen LogP contribution in [0.25, 0.3) is 32.3 Å². The first-order chi connectivity index (χ1) is 21.7. The molecule has 2 nitrogen and oxygen atoms in total. The second kappa shape index (κ2) is 10.6. The standard InChI is InChI=1S/C42H32N2/c1-29-16-22-35(23-17-29)43(33-12-5-3-6-13-33)39-28-40(44(34-14-7-4-8-15-34)36-24-18-30(2)19-25-36)38-27-21-32-11-9-10-31-20-26-37(39)42(38)41(31)32/h3-28H,1-2H3. The van der Waals surface area contributed by atoms with Gasteiger partial charge in [0.1, 0.15) is 0 Å². The van der Waals surface area contributed by atoms with Crippen molar-refractivity contribution >= 4 is 66.4 Å². The molecule has 0 saturated heterocycles. The van der Waals surface area contributed by atoms with E-state index in [4.69, 9.17) is 0 Å². The van der Waals surface area contributed by atoms with Gasteiger partial charge in [0.05, 0.1) is 11.4 Å². The van der Waals surface area contributed by atoms with E-state index in [2.05, 4.69) is 181 Å².